The third-order valence-corrected chi connectivity index (χ3v) is 5.84. The monoisotopic (exact) mass is 362 g/mol. The van der Waals surface area contributed by atoms with Gasteiger partial charge in [0.05, 0.1) is 23.1 Å². The molecule has 1 fully saturated rings. The predicted octanol–water partition coefficient (Wildman–Crippen LogP) is 2.32. The summed E-state index contributed by atoms with van der Waals surface area (Å²) in [6.45, 7) is 2.70. The molecule has 1 unspecified atom stereocenters. The van der Waals surface area contributed by atoms with Crippen molar-refractivity contribution >= 4 is 33.0 Å². The molecule has 8 heteroatoms. The van der Waals surface area contributed by atoms with Crippen LogP contribution in [-0.4, -0.2) is 49.9 Å². The van der Waals surface area contributed by atoms with Crippen molar-refractivity contribution in [3.8, 4) is 0 Å². The molecule has 1 N–H and O–H groups in total. The van der Waals surface area contributed by atoms with Crippen LogP contribution in [0.5, 0.6) is 0 Å². The molecule has 1 aromatic carbocycles. The van der Waals surface area contributed by atoms with Crippen molar-refractivity contribution in [3.63, 3.8) is 0 Å². The molecule has 2 rings (SSSR count). The molecule has 1 saturated heterocycles. The summed E-state index contributed by atoms with van der Waals surface area (Å²) in [6.07, 6.45) is 1.37. The van der Waals surface area contributed by atoms with Gasteiger partial charge in [0, 0.05) is 11.7 Å². The molecular weight excluding hydrogens is 343 g/mol. The number of sulfone groups is 1. The molecule has 5 nitrogen and oxygen atoms in total. The van der Waals surface area contributed by atoms with E-state index in [0.717, 1.165) is 12.5 Å². The maximum absolute atomic E-state index is 13.4. The predicted molar refractivity (Wildman–Crippen MR) is 89.0 cm³/mol. The molecule has 1 atom stereocenters. The second kappa shape index (κ2) is 7.59. The lowest BCUT2D eigenvalue weighted by atomic mass is 10.2. The average molecular weight is 363 g/mol. The van der Waals surface area contributed by atoms with Gasteiger partial charge in [-0.3, -0.25) is 9.69 Å². The van der Waals surface area contributed by atoms with Crippen LogP contribution in [0.1, 0.15) is 19.8 Å². The Morgan fingerprint density at radius 1 is 1.48 bits per heavy atom. The van der Waals surface area contributed by atoms with E-state index in [4.69, 9.17) is 11.6 Å². The Balaban J connectivity index is 1.99. The molecule has 0 aromatic heterocycles. The summed E-state index contributed by atoms with van der Waals surface area (Å²) >= 11 is 5.60. The van der Waals surface area contributed by atoms with Gasteiger partial charge < -0.3 is 5.32 Å². The quantitative estimate of drug-likeness (QED) is 0.843. The number of anilines is 1. The Labute approximate surface area is 140 Å². The summed E-state index contributed by atoms with van der Waals surface area (Å²) in [5, 5.41) is 2.61. The molecule has 0 bridgehead atoms. The Morgan fingerprint density at radius 3 is 2.78 bits per heavy atom. The average Bonchev–Trinajstić information content (AvgIpc) is 2.83. The third-order valence-electron chi connectivity index (χ3n) is 3.79. The number of halogens is 2. The van der Waals surface area contributed by atoms with Crippen LogP contribution in [0.4, 0.5) is 10.1 Å². The van der Waals surface area contributed by atoms with E-state index >= 15 is 0 Å². The van der Waals surface area contributed by atoms with E-state index in [2.05, 4.69) is 5.32 Å². The topological polar surface area (TPSA) is 66.5 Å². The first kappa shape index (κ1) is 18.2. The maximum atomic E-state index is 13.4. The molecule has 0 saturated carbocycles. The van der Waals surface area contributed by atoms with Gasteiger partial charge in [-0.25, -0.2) is 12.8 Å². The van der Waals surface area contributed by atoms with E-state index in [1.807, 2.05) is 11.8 Å². The summed E-state index contributed by atoms with van der Waals surface area (Å²) < 4.78 is 36.6. The minimum absolute atomic E-state index is 0.00762. The Bertz CT molecular complexity index is 681. The van der Waals surface area contributed by atoms with Gasteiger partial charge in [0.2, 0.25) is 5.91 Å². The molecule has 1 aromatic rings. The fraction of sp³-hybridized carbons (Fsp3) is 0.533. The largest absolute Gasteiger partial charge is 0.325 e. The van der Waals surface area contributed by atoms with Crippen LogP contribution in [0.25, 0.3) is 0 Å². The van der Waals surface area contributed by atoms with Crippen molar-refractivity contribution in [3.05, 3.63) is 29.0 Å². The van der Waals surface area contributed by atoms with Gasteiger partial charge in [0.1, 0.15) is 5.82 Å². The highest BCUT2D eigenvalue weighted by Crippen LogP contribution is 2.20. The number of carbonyl (C=O) groups excluding carboxylic acids is 1. The standard InChI is InChI=1S/C15H20ClFN2O3S/c1-2-6-19(12-5-7-23(21,22)10-12)9-15(20)18-11-3-4-13(16)14(17)8-11/h3-4,8,12H,2,5-7,9-10H2,1H3,(H,18,20). The van der Waals surface area contributed by atoms with Gasteiger partial charge in [0.15, 0.2) is 9.84 Å². The van der Waals surface area contributed by atoms with E-state index in [1.54, 1.807) is 0 Å². The molecule has 0 aliphatic carbocycles. The van der Waals surface area contributed by atoms with Crippen LogP contribution >= 0.6 is 11.6 Å². The number of hydrogen-bond donors (Lipinski definition) is 1. The van der Waals surface area contributed by atoms with E-state index in [9.17, 15) is 17.6 Å². The van der Waals surface area contributed by atoms with Gasteiger partial charge in [-0.1, -0.05) is 18.5 Å². The van der Waals surface area contributed by atoms with Crippen molar-refractivity contribution in [2.24, 2.45) is 0 Å². The second-order valence-electron chi connectivity index (χ2n) is 5.70. The zero-order valence-electron chi connectivity index (χ0n) is 12.9. The van der Waals surface area contributed by atoms with Crippen molar-refractivity contribution in [2.75, 3.05) is 29.9 Å². The Kier molecular flexibility index (Phi) is 6.00. The number of nitrogens with one attached hydrogen (secondary N) is 1. The van der Waals surface area contributed by atoms with Gasteiger partial charge in [-0.2, -0.15) is 0 Å². The minimum Gasteiger partial charge on any atom is -0.325 e. The van der Waals surface area contributed by atoms with Gasteiger partial charge in [0.25, 0.3) is 0 Å². The van der Waals surface area contributed by atoms with Crippen LogP contribution in [-0.2, 0) is 14.6 Å². The van der Waals surface area contributed by atoms with Crippen molar-refractivity contribution in [2.45, 2.75) is 25.8 Å². The van der Waals surface area contributed by atoms with Crippen LogP contribution in [0.2, 0.25) is 5.02 Å². The molecule has 0 spiro atoms. The zero-order valence-corrected chi connectivity index (χ0v) is 14.5. The summed E-state index contributed by atoms with van der Waals surface area (Å²) in [7, 11) is -3.00. The van der Waals surface area contributed by atoms with E-state index < -0.39 is 15.7 Å². The highest BCUT2D eigenvalue weighted by molar-refractivity contribution is 7.91. The summed E-state index contributed by atoms with van der Waals surface area (Å²) in [5.41, 5.74) is 0.326. The summed E-state index contributed by atoms with van der Waals surface area (Å²) in [4.78, 5) is 14.0. The first-order valence-electron chi connectivity index (χ1n) is 7.50. The molecule has 1 amide bonds. The van der Waals surface area contributed by atoms with Crippen LogP contribution in [0.3, 0.4) is 0 Å². The smallest absolute Gasteiger partial charge is 0.238 e. The zero-order chi connectivity index (χ0) is 17.0. The lowest BCUT2D eigenvalue weighted by Crippen LogP contribution is -2.42. The van der Waals surface area contributed by atoms with Gasteiger partial charge in [-0.15, -0.1) is 0 Å². The molecule has 1 heterocycles. The molecular formula is C15H20ClFN2O3S. The number of rotatable bonds is 6. The van der Waals surface area contributed by atoms with Gasteiger partial charge in [-0.05, 0) is 37.6 Å². The Morgan fingerprint density at radius 2 is 2.22 bits per heavy atom. The number of nitrogens with zero attached hydrogens (tertiary/aromatic N) is 1. The Hall–Kier alpha value is -1.18. The molecule has 0 radical (unpaired) electrons. The lowest BCUT2D eigenvalue weighted by molar-refractivity contribution is -0.117. The number of hydrogen-bond acceptors (Lipinski definition) is 4. The maximum Gasteiger partial charge on any atom is 0.238 e. The first-order valence-corrected chi connectivity index (χ1v) is 9.70. The minimum atomic E-state index is -3.00. The van der Waals surface area contributed by atoms with Crippen molar-refractivity contribution in [1.82, 2.24) is 4.90 Å². The van der Waals surface area contributed by atoms with E-state index in [-0.39, 0.29) is 35.0 Å². The van der Waals surface area contributed by atoms with E-state index in [0.29, 0.717) is 18.7 Å². The van der Waals surface area contributed by atoms with Gasteiger partial charge >= 0.3 is 0 Å². The number of benzene rings is 1. The fourth-order valence-electron chi connectivity index (χ4n) is 2.70. The highest BCUT2D eigenvalue weighted by Gasteiger charge is 2.32. The SMILES string of the molecule is CCCN(CC(=O)Nc1ccc(Cl)c(F)c1)C1CCS(=O)(=O)C1. The number of amides is 1. The number of carbonyl (C=O) groups is 1. The fourth-order valence-corrected chi connectivity index (χ4v) is 4.58. The first-order chi connectivity index (χ1) is 10.8. The van der Waals surface area contributed by atoms with Crippen molar-refractivity contribution < 1.29 is 17.6 Å². The van der Waals surface area contributed by atoms with E-state index in [1.165, 1.54) is 12.1 Å². The highest BCUT2D eigenvalue weighted by atomic mass is 35.5. The molecule has 128 valence electrons. The normalized spacial score (nSPS) is 19.9. The van der Waals surface area contributed by atoms with Crippen LogP contribution in [0, 0.1) is 5.82 Å². The third kappa shape index (κ3) is 5.16. The lowest BCUT2D eigenvalue weighted by Gasteiger charge is -2.26. The molecule has 23 heavy (non-hydrogen) atoms. The molecule has 1 aliphatic heterocycles. The molecule has 1 aliphatic rings. The summed E-state index contributed by atoms with van der Waals surface area (Å²) in [6, 6.07) is 3.92. The van der Waals surface area contributed by atoms with Crippen LogP contribution < -0.4 is 5.32 Å². The van der Waals surface area contributed by atoms with Crippen LogP contribution in [0.15, 0.2) is 18.2 Å². The second-order valence-corrected chi connectivity index (χ2v) is 8.34. The van der Waals surface area contributed by atoms with Crippen molar-refractivity contribution in [1.29, 1.82) is 0 Å². The summed E-state index contributed by atoms with van der Waals surface area (Å²) in [5.74, 6) is -0.640.